The molecule has 0 aliphatic carbocycles. The van der Waals surface area contributed by atoms with Crippen LogP contribution < -0.4 is 0 Å². The second kappa shape index (κ2) is 10.7. The molecule has 4 nitrogen and oxygen atoms in total. The standard InChI is InChI=1S/C43H25N3OS/c1-3-12-27(13-4-1)41-44-42(28-14-5-2-6-15-28)46-43(45-41)30-23-34(40-33-17-9-10-18-37(33)48-38(40)25-30)29-19-21-32-36(24-29)47-35-22-20-26-11-7-8-16-31(26)39(32)35/h1-25H. The largest absolute Gasteiger partial charge is 0.456 e. The van der Waals surface area contributed by atoms with E-state index in [2.05, 4.69) is 91.0 Å². The van der Waals surface area contributed by atoms with Gasteiger partial charge in [-0.1, -0.05) is 115 Å². The average Bonchev–Trinajstić information content (AvgIpc) is 3.73. The zero-order valence-corrected chi connectivity index (χ0v) is 26.4. The van der Waals surface area contributed by atoms with Crippen molar-refractivity contribution in [2.75, 3.05) is 0 Å². The maximum absolute atomic E-state index is 6.52. The lowest BCUT2D eigenvalue weighted by Gasteiger charge is -2.11. The zero-order chi connectivity index (χ0) is 31.6. The van der Waals surface area contributed by atoms with Crippen LogP contribution in [-0.4, -0.2) is 15.0 Å². The molecule has 0 fully saturated rings. The zero-order valence-electron chi connectivity index (χ0n) is 25.6. The van der Waals surface area contributed by atoms with Gasteiger partial charge in [0.1, 0.15) is 11.2 Å². The third kappa shape index (κ3) is 4.33. The normalized spacial score (nSPS) is 11.8. The van der Waals surface area contributed by atoms with Crippen LogP contribution in [0.25, 0.3) is 98.2 Å². The molecule has 3 heterocycles. The summed E-state index contributed by atoms with van der Waals surface area (Å²) in [7, 11) is 0. The summed E-state index contributed by atoms with van der Waals surface area (Å²) in [5, 5.41) is 7.14. The van der Waals surface area contributed by atoms with Gasteiger partial charge in [-0.05, 0) is 58.3 Å². The smallest absolute Gasteiger partial charge is 0.164 e. The molecule has 0 unspecified atom stereocenters. The van der Waals surface area contributed by atoms with Crippen LogP contribution in [0, 0.1) is 0 Å². The van der Waals surface area contributed by atoms with Crippen LogP contribution in [0.15, 0.2) is 156 Å². The highest BCUT2D eigenvalue weighted by Gasteiger charge is 2.19. The summed E-state index contributed by atoms with van der Waals surface area (Å²) in [4.78, 5) is 15.1. The number of thiophene rings is 1. The van der Waals surface area contributed by atoms with Crippen LogP contribution in [0.3, 0.4) is 0 Å². The minimum Gasteiger partial charge on any atom is -0.456 e. The Bertz CT molecular complexity index is 2780. The van der Waals surface area contributed by atoms with Gasteiger partial charge in [0.15, 0.2) is 17.5 Å². The molecule has 0 aliphatic heterocycles. The molecule has 10 aromatic rings. The first-order valence-electron chi connectivity index (χ1n) is 15.9. The molecule has 5 heteroatoms. The first-order valence-corrected chi connectivity index (χ1v) is 16.8. The molecule has 224 valence electrons. The summed E-state index contributed by atoms with van der Waals surface area (Å²) in [5.41, 5.74) is 6.81. The Kier molecular flexibility index (Phi) is 6.01. The Balaban J connectivity index is 1.23. The van der Waals surface area contributed by atoms with E-state index >= 15 is 0 Å². The van der Waals surface area contributed by atoms with E-state index < -0.39 is 0 Å². The van der Waals surface area contributed by atoms with Gasteiger partial charge in [-0.25, -0.2) is 15.0 Å². The van der Waals surface area contributed by atoms with E-state index in [4.69, 9.17) is 19.4 Å². The van der Waals surface area contributed by atoms with E-state index in [1.165, 1.54) is 30.9 Å². The number of furan rings is 1. The minimum atomic E-state index is 0.639. The van der Waals surface area contributed by atoms with Crippen molar-refractivity contribution >= 4 is 64.2 Å². The number of fused-ring (bicyclic) bond motifs is 8. The topological polar surface area (TPSA) is 51.8 Å². The van der Waals surface area contributed by atoms with E-state index in [0.717, 1.165) is 49.8 Å². The monoisotopic (exact) mass is 631 g/mol. The van der Waals surface area contributed by atoms with E-state index in [1.807, 2.05) is 60.7 Å². The van der Waals surface area contributed by atoms with E-state index in [-0.39, 0.29) is 0 Å². The lowest BCUT2D eigenvalue weighted by Crippen LogP contribution is -2.00. The molecule has 0 bridgehead atoms. The molecule has 48 heavy (non-hydrogen) atoms. The summed E-state index contributed by atoms with van der Waals surface area (Å²) < 4.78 is 8.94. The lowest BCUT2D eigenvalue weighted by atomic mass is 9.95. The first-order chi connectivity index (χ1) is 23.8. The van der Waals surface area contributed by atoms with Crippen LogP contribution in [0.4, 0.5) is 0 Å². The molecular weight excluding hydrogens is 607 g/mol. The van der Waals surface area contributed by atoms with Gasteiger partial charge >= 0.3 is 0 Å². The highest BCUT2D eigenvalue weighted by Crippen LogP contribution is 2.44. The van der Waals surface area contributed by atoms with Crippen molar-refractivity contribution in [1.29, 1.82) is 0 Å². The molecule has 0 N–H and O–H groups in total. The van der Waals surface area contributed by atoms with Gasteiger partial charge in [0.2, 0.25) is 0 Å². The van der Waals surface area contributed by atoms with Crippen LogP contribution in [-0.2, 0) is 0 Å². The highest BCUT2D eigenvalue weighted by molar-refractivity contribution is 7.26. The maximum atomic E-state index is 6.52. The summed E-state index contributed by atoms with van der Waals surface area (Å²) in [5.74, 6) is 1.93. The van der Waals surface area contributed by atoms with Crippen molar-refractivity contribution in [2.45, 2.75) is 0 Å². The quantitative estimate of drug-likeness (QED) is 0.194. The van der Waals surface area contributed by atoms with Crippen LogP contribution in [0.1, 0.15) is 0 Å². The van der Waals surface area contributed by atoms with Crippen LogP contribution in [0.2, 0.25) is 0 Å². The SMILES string of the molecule is c1ccc(-c2nc(-c3ccccc3)nc(-c3cc(-c4ccc5c(c4)oc4ccc6ccccc6c45)c4c(c3)sc3ccccc34)n2)cc1. The van der Waals surface area contributed by atoms with E-state index in [9.17, 15) is 0 Å². The third-order valence-electron chi connectivity index (χ3n) is 9.11. The molecule has 3 aromatic heterocycles. The van der Waals surface area contributed by atoms with Crippen LogP contribution >= 0.6 is 11.3 Å². The molecule has 10 rings (SSSR count). The summed E-state index contributed by atoms with van der Waals surface area (Å²) >= 11 is 1.79. The lowest BCUT2D eigenvalue weighted by molar-refractivity contribution is 0.669. The summed E-state index contributed by atoms with van der Waals surface area (Å²) in [6.45, 7) is 0. The molecule has 0 radical (unpaired) electrons. The van der Waals surface area contributed by atoms with Crippen molar-refractivity contribution < 1.29 is 4.42 Å². The van der Waals surface area contributed by atoms with Gasteiger partial charge < -0.3 is 4.42 Å². The molecule has 0 aliphatic rings. The fourth-order valence-corrected chi connectivity index (χ4v) is 8.03. The predicted molar refractivity (Wildman–Crippen MR) is 199 cm³/mol. The highest BCUT2D eigenvalue weighted by atomic mass is 32.1. The third-order valence-corrected chi connectivity index (χ3v) is 10.2. The Labute approximate surface area is 279 Å². The number of hydrogen-bond acceptors (Lipinski definition) is 5. The maximum Gasteiger partial charge on any atom is 0.164 e. The number of nitrogens with zero attached hydrogens (tertiary/aromatic N) is 3. The average molecular weight is 632 g/mol. The van der Waals surface area contributed by atoms with Gasteiger partial charge in [-0.15, -0.1) is 11.3 Å². The van der Waals surface area contributed by atoms with Gasteiger partial charge in [0.25, 0.3) is 0 Å². The van der Waals surface area contributed by atoms with Crippen molar-refractivity contribution in [3.8, 4) is 45.3 Å². The molecule has 0 saturated carbocycles. The number of rotatable bonds is 4. The Morgan fingerprint density at radius 1 is 0.396 bits per heavy atom. The van der Waals surface area contributed by atoms with Crippen molar-refractivity contribution in [1.82, 2.24) is 15.0 Å². The summed E-state index contributed by atoms with van der Waals surface area (Å²) in [6, 6.07) is 52.7. The molecular formula is C43H25N3OS. The Hall–Kier alpha value is -6.17. The first kappa shape index (κ1) is 27.0. The molecule has 7 aromatic carbocycles. The number of aromatic nitrogens is 3. The minimum absolute atomic E-state index is 0.639. The van der Waals surface area contributed by atoms with Gasteiger partial charge in [-0.2, -0.15) is 0 Å². The van der Waals surface area contributed by atoms with Crippen molar-refractivity contribution in [2.24, 2.45) is 0 Å². The predicted octanol–water partition coefficient (Wildman–Crippen LogP) is 12.0. The van der Waals surface area contributed by atoms with E-state index in [0.29, 0.717) is 17.5 Å². The van der Waals surface area contributed by atoms with Crippen molar-refractivity contribution in [3.63, 3.8) is 0 Å². The fourth-order valence-electron chi connectivity index (χ4n) is 6.86. The molecule has 0 amide bonds. The summed E-state index contributed by atoms with van der Waals surface area (Å²) in [6.07, 6.45) is 0. The van der Waals surface area contributed by atoms with Gasteiger partial charge in [0.05, 0.1) is 0 Å². The Morgan fingerprint density at radius 3 is 1.79 bits per heavy atom. The second-order valence-electron chi connectivity index (χ2n) is 12.0. The van der Waals surface area contributed by atoms with Gasteiger partial charge in [-0.3, -0.25) is 0 Å². The molecule has 0 atom stereocenters. The Morgan fingerprint density at radius 2 is 1.04 bits per heavy atom. The number of hydrogen-bond donors (Lipinski definition) is 0. The molecule has 0 saturated heterocycles. The van der Waals surface area contributed by atoms with Crippen molar-refractivity contribution in [3.05, 3.63) is 152 Å². The molecule has 0 spiro atoms. The number of benzene rings is 7. The van der Waals surface area contributed by atoms with E-state index in [1.54, 1.807) is 11.3 Å². The van der Waals surface area contributed by atoms with Gasteiger partial charge in [0, 0.05) is 47.6 Å². The second-order valence-corrected chi connectivity index (χ2v) is 13.1. The fraction of sp³-hybridized carbons (Fsp3) is 0. The van der Waals surface area contributed by atoms with Crippen LogP contribution in [0.5, 0.6) is 0 Å².